The van der Waals surface area contributed by atoms with Crippen molar-refractivity contribution in [1.82, 2.24) is 0 Å². The molecule has 0 bridgehead atoms. The van der Waals surface area contributed by atoms with Crippen LogP contribution in [0.5, 0.6) is 11.5 Å². The quantitative estimate of drug-likeness (QED) is 0.676. The van der Waals surface area contributed by atoms with Crippen molar-refractivity contribution in [2.24, 2.45) is 0 Å². The molecule has 0 fully saturated rings. The highest BCUT2D eigenvalue weighted by Gasteiger charge is 2.29. The molecule has 0 aromatic heterocycles. The number of esters is 1. The van der Waals surface area contributed by atoms with Gasteiger partial charge in [0.1, 0.15) is 18.0 Å². The van der Waals surface area contributed by atoms with Crippen molar-refractivity contribution in [2.45, 2.75) is 20.0 Å². The summed E-state index contributed by atoms with van der Waals surface area (Å²) < 4.78 is 15.9. The molecule has 0 spiro atoms. The number of nitrogens with zero attached hydrogens (tertiary/aromatic N) is 1. The second-order valence-electron chi connectivity index (χ2n) is 6.46. The van der Waals surface area contributed by atoms with E-state index in [9.17, 15) is 14.4 Å². The minimum atomic E-state index is -1.06. The van der Waals surface area contributed by atoms with Crippen LogP contribution in [0, 0.1) is 0 Å². The average molecular weight is 433 g/mol. The van der Waals surface area contributed by atoms with E-state index in [-0.39, 0.29) is 13.2 Å². The number of ether oxygens (including phenoxy) is 3. The molecule has 2 amide bonds. The van der Waals surface area contributed by atoms with Crippen molar-refractivity contribution >= 4 is 40.8 Å². The molecule has 0 aliphatic carbocycles. The largest absolute Gasteiger partial charge is 0.494 e. The third kappa shape index (κ3) is 5.21. The Balaban J connectivity index is 1.58. The van der Waals surface area contributed by atoms with Crippen LogP contribution in [0.25, 0.3) is 0 Å². The van der Waals surface area contributed by atoms with Crippen LogP contribution in [-0.4, -0.2) is 43.6 Å². The zero-order valence-electron chi connectivity index (χ0n) is 16.5. The molecular weight excluding hydrogens is 412 g/mol. The van der Waals surface area contributed by atoms with Gasteiger partial charge in [-0.05, 0) is 56.3 Å². The molecule has 1 atom stereocenters. The van der Waals surface area contributed by atoms with Gasteiger partial charge in [0.05, 0.1) is 12.3 Å². The number of hydrogen-bond acceptors (Lipinski definition) is 6. The normalized spacial score (nSPS) is 13.7. The first-order chi connectivity index (χ1) is 14.4. The number of fused-ring (bicyclic) bond motifs is 1. The highest BCUT2D eigenvalue weighted by Crippen LogP contribution is 2.34. The lowest BCUT2D eigenvalue weighted by molar-refractivity contribution is -0.152. The average Bonchev–Trinajstić information content (AvgIpc) is 2.72. The van der Waals surface area contributed by atoms with Crippen LogP contribution >= 0.6 is 11.6 Å². The van der Waals surface area contributed by atoms with Crippen molar-refractivity contribution in [1.29, 1.82) is 0 Å². The summed E-state index contributed by atoms with van der Waals surface area (Å²) in [5.41, 5.74) is 0.917. The Kier molecular flexibility index (Phi) is 6.79. The van der Waals surface area contributed by atoms with Crippen LogP contribution in [0.4, 0.5) is 11.4 Å². The number of halogens is 1. The molecule has 2 aromatic rings. The standard InChI is InChI=1S/C21H21ClN2O6/c1-3-28-16-7-5-15(6-8-16)23-21(27)13(2)30-20(26)11-24-17-10-14(22)4-9-18(17)29-12-19(24)25/h4-10,13H,3,11-12H2,1-2H3,(H,23,27)/t13-/m1/s1. The molecule has 0 saturated heterocycles. The molecule has 3 rings (SSSR count). The summed E-state index contributed by atoms with van der Waals surface area (Å²) in [5.74, 6) is -0.512. The Morgan fingerprint density at radius 2 is 1.97 bits per heavy atom. The lowest BCUT2D eigenvalue weighted by atomic mass is 10.2. The number of hydrogen-bond donors (Lipinski definition) is 1. The lowest BCUT2D eigenvalue weighted by Gasteiger charge is -2.29. The predicted octanol–water partition coefficient (Wildman–Crippen LogP) is 3.03. The van der Waals surface area contributed by atoms with Gasteiger partial charge in [-0.3, -0.25) is 19.3 Å². The topological polar surface area (TPSA) is 94.2 Å². The van der Waals surface area contributed by atoms with Crippen LogP contribution in [0.3, 0.4) is 0 Å². The third-order valence-electron chi connectivity index (χ3n) is 4.26. The Bertz CT molecular complexity index is 947. The van der Waals surface area contributed by atoms with E-state index in [1.807, 2.05) is 6.92 Å². The van der Waals surface area contributed by atoms with E-state index in [4.69, 9.17) is 25.8 Å². The molecule has 8 nitrogen and oxygen atoms in total. The molecule has 1 aliphatic heterocycles. The van der Waals surface area contributed by atoms with E-state index < -0.39 is 23.9 Å². The maximum atomic E-state index is 12.3. The highest BCUT2D eigenvalue weighted by molar-refractivity contribution is 6.31. The second-order valence-corrected chi connectivity index (χ2v) is 6.90. The first-order valence-electron chi connectivity index (χ1n) is 9.33. The minimum absolute atomic E-state index is 0.199. The SMILES string of the molecule is CCOc1ccc(NC(=O)[C@@H](C)OC(=O)CN2C(=O)COc3ccc(Cl)cc32)cc1. The van der Waals surface area contributed by atoms with Gasteiger partial charge in [0.2, 0.25) is 0 Å². The van der Waals surface area contributed by atoms with Crippen molar-refractivity contribution in [3.8, 4) is 11.5 Å². The summed E-state index contributed by atoms with van der Waals surface area (Å²) in [5, 5.41) is 3.06. The Hall–Kier alpha value is -3.26. The number of amides is 2. The van der Waals surface area contributed by atoms with Crippen LogP contribution < -0.4 is 19.7 Å². The van der Waals surface area contributed by atoms with E-state index in [2.05, 4.69) is 5.32 Å². The number of benzene rings is 2. The number of anilines is 2. The van der Waals surface area contributed by atoms with E-state index in [0.717, 1.165) is 0 Å². The molecule has 158 valence electrons. The smallest absolute Gasteiger partial charge is 0.326 e. The number of rotatable bonds is 7. The fourth-order valence-corrected chi connectivity index (χ4v) is 2.98. The van der Waals surface area contributed by atoms with Crippen molar-refractivity contribution in [3.63, 3.8) is 0 Å². The van der Waals surface area contributed by atoms with Crippen molar-refractivity contribution < 1.29 is 28.6 Å². The molecule has 9 heteroatoms. The van der Waals surface area contributed by atoms with Gasteiger partial charge in [-0.15, -0.1) is 0 Å². The third-order valence-corrected chi connectivity index (χ3v) is 4.50. The van der Waals surface area contributed by atoms with Gasteiger partial charge >= 0.3 is 5.97 Å². The summed E-state index contributed by atoms with van der Waals surface area (Å²) in [4.78, 5) is 38.1. The minimum Gasteiger partial charge on any atom is -0.494 e. The summed E-state index contributed by atoms with van der Waals surface area (Å²) in [6.07, 6.45) is -1.06. The van der Waals surface area contributed by atoms with E-state index in [1.165, 1.54) is 17.9 Å². The van der Waals surface area contributed by atoms with Crippen molar-refractivity contribution in [3.05, 3.63) is 47.5 Å². The van der Waals surface area contributed by atoms with Gasteiger partial charge in [0.25, 0.3) is 11.8 Å². The molecule has 1 heterocycles. The zero-order valence-corrected chi connectivity index (χ0v) is 17.3. The molecule has 0 radical (unpaired) electrons. The molecular formula is C21H21ClN2O6. The number of carbonyl (C=O) groups excluding carboxylic acids is 3. The van der Waals surface area contributed by atoms with Crippen molar-refractivity contribution in [2.75, 3.05) is 30.0 Å². The van der Waals surface area contributed by atoms with Gasteiger partial charge in [-0.1, -0.05) is 11.6 Å². The van der Waals surface area contributed by atoms with Gasteiger partial charge in [0.15, 0.2) is 12.7 Å². The van der Waals surface area contributed by atoms with Crippen LogP contribution in [0.1, 0.15) is 13.8 Å². The highest BCUT2D eigenvalue weighted by atomic mass is 35.5. The first-order valence-corrected chi connectivity index (χ1v) is 9.71. The Labute approximate surface area is 178 Å². The summed E-state index contributed by atoms with van der Waals surface area (Å²) in [7, 11) is 0. The summed E-state index contributed by atoms with van der Waals surface area (Å²) in [6.45, 7) is 3.31. The molecule has 1 aliphatic rings. The fraction of sp³-hybridized carbons (Fsp3) is 0.286. The van der Waals surface area contributed by atoms with Crippen LogP contribution in [-0.2, 0) is 19.1 Å². The summed E-state index contributed by atoms with van der Waals surface area (Å²) in [6, 6.07) is 11.6. The second kappa shape index (κ2) is 9.49. The summed E-state index contributed by atoms with van der Waals surface area (Å²) >= 11 is 5.99. The fourth-order valence-electron chi connectivity index (χ4n) is 2.81. The van der Waals surface area contributed by atoms with Gasteiger partial charge < -0.3 is 19.5 Å². The zero-order chi connectivity index (χ0) is 21.7. The van der Waals surface area contributed by atoms with E-state index in [0.29, 0.717) is 34.5 Å². The van der Waals surface area contributed by atoms with E-state index >= 15 is 0 Å². The molecule has 0 unspecified atom stereocenters. The molecule has 0 saturated carbocycles. The molecule has 1 N–H and O–H groups in total. The molecule has 30 heavy (non-hydrogen) atoms. The maximum absolute atomic E-state index is 12.3. The van der Waals surface area contributed by atoms with E-state index in [1.54, 1.807) is 36.4 Å². The predicted molar refractivity (Wildman–Crippen MR) is 111 cm³/mol. The van der Waals surface area contributed by atoms with Gasteiger partial charge in [-0.2, -0.15) is 0 Å². The lowest BCUT2D eigenvalue weighted by Crippen LogP contribution is -2.43. The molecule has 2 aromatic carbocycles. The Morgan fingerprint density at radius 3 is 2.67 bits per heavy atom. The maximum Gasteiger partial charge on any atom is 0.326 e. The van der Waals surface area contributed by atoms with Gasteiger partial charge in [-0.25, -0.2) is 0 Å². The van der Waals surface area contributed by atoms with Gasteiger partial charge in [0, 0.05) is 10.7 Å². The number of nitrogens with one attached hydrogen (secondary N) is 1. The number of carbonyl (C=O) groups is 3. The monoisotopic (exact) mass is 432 g/mol. The van der Waals surface area contributed by atoms with Crippen LogP contribution in [0.2, 0.25) is 5.02 Å². The Morgan fingerprint density at radius 1 is 1.23 bits per heavy atom. The first kappa shape index (κ1) is 21.4. The van der Waals surface area contributed by atoms with Crippen LogP contribution in [0.15, 0.2) is 42.5 Å².